The molecular weight excluding hydrogens is 286 g/mol. The maximum Gasteiger partial charge on any atom is 0.0467 e. The molecule has 88 valence electrons. The van der Waals surface area contributed by atoms with Crippen LogP contribution in [0.15, 0.2) is 18.2 Å². The van der Waals surface area contributed by atoms with Crippen LogP contribution in [-0.2, 0) is 5.33 Å². The van der Waals surface area contributed by atoms with Crippen molar-refractivity contribution in [3.8, 4) is 0 Å². The summed E-state index contributed by atoms with van der Waals surface area (Å²) in [6.45, 7) is 3.46. The molecule has 1 fully saturated rings. The summed E-state index contributed by atoms with van der Waals surface area (Å²) >= 11 is 9.63. The van der Waals surface area contributed by atoms with E-state index in [-0.39, 0.29) is 0 Å². The van der Waals surface area contributed by atoms with Gasteiger partial charge < -0.3 is 4.90 Å². The second-order valence-electron chi connectivity index (χ2n) is 4.76. The molecule has 16 heavy (non-hydrogen) atoms. The third-order valence-electron chi connectivity index (χ3n) is 3.41. The summed E-state index contributed by atoms with van der Waals surface area (Å²) < 4.78 is 0. The van der Waals surface area contributed by atoms with Gasteiger partial charge in [0, 0.05) is 29.6 Å². The van der Waals surface area contributed by atoms with Crippen molar-refractivity contribution in [3.63, 3.8) is 0 Å². The minimum atomic E-state index is 0.815. The lowest BCUT2D eigenvalue weighted by Gasteiger charge is -2.20. The van der Waals surface area contributed by atoms with E-state index in [1.807, 2.05) is 0 Å². The number of nitrogens with zero attached hydrogens (tertiary/aromatic N) is 1. The molecular formula is C13H17BrClN. The number of benzene rings is 1. The highest BCUT2D eigenvalue weighted by atomic mass is 79.9. The maximum absolute atomic E-state index is 6.20. The third-order valence-corrected chi connectivity index (χ3v) is 4.36. The average Bonchev–Trinajstić information content (AvgIpc) is 2.94. The van der Waals surface area contributed by atoms with Crippen molar-refractivity contribution in [2.45, 2.75) is 18.7 Å². The fraction of sp³-hybridized carbons (Fsp3) is 0.538. The summed E-state index contributed by atoms with van der Waals surface area (Å²) in [5.41, 5.74) is 2.37. The van der Waals surface area contributed by atoms with Gasteiger partial charge in [0.15, 0.2) is 0 Å². The molecule has 1 nitrogen and oxygen atoms in total. The van der Waals surface area contributed by atoms with Crippen LogP contribution >= 0.6 is 27.5 Å². The number of rotatable bonds is 4. The van der Waals surface area contributed by atoms with Crippen LogP contribution in [0.1, 0.15) is 18.9 Å². The summed E-state index contributed by atoms with van der Waals surface area (Å²) in [7, 11) is 2.14. The lowest BCUT2D eigenvalue weighted by Crippen LogP contribution is -2.20. The molecule has 0 saturated heterocycles. The Morgan fingerprint density at radius 1 is 1.50 bits per heavy atom. The molecule has 0 N–H and O–H groups in total. The second-order valence-corrected chi connectivity index (χ2v) is 5.73. The first-order chi connectivity index (χ1) is 7.61. The molecule has 0 aliphatic heterocycles. The van der Waals surface area contributed by atoms with Crippen LogP contribution in [0.2, 0.25) is 5.02 Å². The first-order valence-electron chi connectivity index (χ1n) is 5.67. The highest BCUT2D eigenvalue weighted by Gasteiger charge is 2.33. The van der Waals surface area contributed by atoms with E-state index in [1.165, 1.54) is 12.1 Å². The van der Waals surface area contributed by atoms with Gasteiger partial charge in [-0.1, -0.05) is 40.5 Å². The molecule has 2 rings (SSSR count). The molecule has 2 atom stereocenters. The standard InChI is InChI=1S/C13H17BrClN/c1-9-5-11(9)8-16(2)12-4-3-10(7-14)13(15)6-12/h3-4,6,9,11H,5,7-8H2,1-2H3. The first kappa shape index (κ1) is 12.3. The highest BCUT2D eigenvalue weighted by molar-refractivity contribution is 9.08. The zero-order valence-corrected chi connectivity index (χ0v) is 12.1. The molecule has 1 saturated carbocycles. The summed E-state index contributed by atoms with van der Waals surface area (Å²) in [5, 5.41) is 1.67. The van der Waals surface area contributed by atoms with Gasteiger partial charge >= 0.3 is 0 Å². The van der Waals surface area contributed by atoms with Crippen molar-refractivity contribution < 1.29 is 0 Å². The lowest BCUT2D eigenvalue weighted by atomic mass is 10.2. The highest BCUT2D eigenvalue weighted by Crippen LogP contribution is 2.39. The van der Waals surface area contributed by atoms with Crippen LogP contribution in [0.4, 0.5) is 5.69 Å². The molecule has 1 aliphatic rings. The van der Waals surface area contributed by atoms with Crippen molar-refractivity contribution >= 4 is 33.2 Å². The van der Waals surface area contributed by atoms with Crippen molar-refractivity contribution in [2.24, 2.45) is 11.8 Å². The molecule has 1 aromatic carbocycles. The molecule has 0 heterocycles. The number of hydrogen-bond acceptors (Lipinski definition) is 1. The number of hydrogen-bond donors (Lipinski definition) is 0. The van der Waals surface area contributed by atoms with Gasteiger partial charge in [-0.2, -0.15) is 0 Å². The number of alkyl halides is 1. The fourth-order valence-corrected chi connectivity index (χ4v) is 2.88. The van der Waals surface area contributed by atoms with Crippen molar-refractivity contribution in [1.29, 1.82) is 0 Å². The van der Waals surface area contributed by atoms with Crippen LogP contribution in [0, 0.1) is 11.8 Å². The van der Waals surface area contributed by atoms with Gasteiger partial charge in [-0.15, -0.1) is 0 Å². The van der Waals surface area contributed by atoms with Crippen LogP contribution < -0.4 is 4.90 Å². The van der Waals surface area contributed by atoms with E-state index >= 15 is 0 Å². The van der Waals surface area contributed by atoms with E-state index in [1.54, 1.807) is 0 Å². The van der Waals surface area contributed by atoms with E-state index in [4.69, 9.17) is 11.6 Å². The summed E-state index contributed by atoms with van der Waals surface area (Å²) in [6.07, 6.45) is 1.37. The van der Waals surface area contributed by atoms with Gasteiger partial charge in [-0.05, 0) is 36.0 Å². The Bertz CT molecular complexity index is 380. The van der Waals surface area contributed by atoms with Crippen LogP contribution in [0.25, 0.3) is 0 Å². The molecule has 1 aromatic rings. The van der Waals surface area contributed by atoms with E-state index < -0.39 is 0 Å². The Hall–Kier alpha value is -0.210. The average molecular weight is 303 g/mol. The van der Waals surface area contributed by atoms with Gasteiger partial charge in [0.2, 0.25) is 0 Å². The van der Waals surface area contributed by atoms with Crippen LogP contribution in [-0.4, -0.2) is 13.6 Å². The zero-order chi connectivity index (χ0) is 11.7. The molecule has 0 bridgehead atoms. The normalized spacial score (nSPS) is 23.2. The van der Waals surface area contributed by atoms with Gasteiger partial charge in [-0.3, -0.25) is 0 Å². The molecule has 0 radical (unpaired) electrons. The molecule has 0 amide bonds. The molecule has 2 unspecified atom stereocenters. The van der Waals surface area contributed by atoms with Crippen molar-refractivity contribution in [3.05, 3.63) is 28.8 Å². The van der Waals surface area contributed by atoms with E-state index in [9.17, 15) is 0 Å². The smallest absolute Gasteiger partial charge is 0.0467 e. The molecule has 0 spiro atoms. The molecule has 0 aromatic heterocycles. The fourth-order valence-electron chi connectivity index (χ4n) is 1.99. The summed E-state index contributed by atoms with van der Waals surface area (Å²) in [5.74, 6) is 1.78. The molecule has 3 heteroatoms. The van der Waals surface area contributed by atoms with Gasteiger partial charge in [0.1, 0.15) is 0 Å². The minimum Gasteiger partial charge on any atom is -0.374 e. The Balaban J connectivity index is 2.05. The second kappa shape index (κ2) is 4.97. The van der Waals surface area contributed by atoms with Crippen molar-refractivity contribution in [1.82, 2.24) is 0 Å². The van der Waals surface area contributed by atoms with Crippen LogP contribution in [0.5, 0.6) is 0 Å². The molecule has 1 aliphatic carbocycles. The van der Waals surface area contributed by atoms with E-state index in [0.717, 1.165) is 34.3 Å². The quantitative estimate of drug-likeness (QED) is 0.748. The third kappa shape index (κ3) is 2.72. The summed E-state index contributed by atoms with van der Waals surface area (Å²) in [4.78, 5) is 2.30. The summed E-state index contributed by atoms with van der Waals surface area (Å²) in [6, 6.07) is 6.31. The topological polar surface area (TPSA) is 3.24 Å². The Morgan fingerprint density at radius 3 is 2.69 bits per heavy atom. The number of halogens is 2. The predicted molar refractivity (Wildman–Crippen MR) is 74.6 cm³/mol. The first-order valence-corrected chi connectivity index (χ1v) is 7.17. The number of anilines is 1. The monoisotopic (exact) mass is 301 g/mol. The van der Waals surface area contributed by atoms with Gasteiger partial charge in [-0.25, -0.2) is 0 Å². The largest absolute Gasteiger partial charge is 0.374 e. The minimum absolute atomic E-state index is 0.815. The van der Waals surface area contributed by atoms with Crippen molar-refractivity contribution in [2.75, 3.05) is 18.5 Å². The van der Waals surface area contributed by atoms with Gasteiger partial charge in [0.25, 0.3) is 0 Å². The van der Waals surface area contributed by atoms with Crippen LogP contribution in [0.3, 0.4) is 0 Å². The predicted octanol–water partition coefficient (Wildman–Crippen LogP) is 4.33. The zero-order valence-electron chi connectivity index (χ0n) is 9.71. The lowest BCUT2D eigenvalue weighted by molar-refractivity contribution is 0.725. The Kier molecular flexibility index (Phi) is 3.81. The van der Waals surface area contributed by atoms with E-state index in [0.29, 0.717) is 0 Å². The van der Waals surface area contributed by atoms with Gasteiger partial charge in [0.05, 0.1) is 0 Å². The SMILES string of the molecule is CC1CC1CN(C)c1ccc(CBr)c(Cl)c1. The van der Waals surface area contributed by atoms with E-state index in [2.05, 4.69) is 53.0 Å². The Labute approximate surface area is 111 Å². The maximum atomic E-state index is 6.20. The Morgan fingerprint density at radius 2 is 2.19 bits per heavy atom.